The van der Waals surface area contributed by atoms with Gasteiger partial charge in [-0.1, -0.05) is 0 Å². The van der Waals surface area contributed by atoms with Crippen molar-refractivity contribution in [2.45, 2.75) is 31.9 Å². The summed E-state index contributed by atoms with van der Waals surface area (Å²) in [6.07, 6.45) is 1.68. The lowest BCUT2D eigenvalue weighted by Crippen LogP contribution is -2.11. The van der Waals surface area contributed by atoms with Crippen LogP contribution in [0.5, 0.6) is 0 Å². The van der Waals surface area contributed by atoms with Crippen molar-refractivity contribution in [1.82, 2.24) is 9.34 Å². The van der Waals surface area contributed by atoms with Crippen molar-refractivity contribution in [2.75, 3.05) is 31.5 Å². The molecule has 3 fully saturated rings. The lowest BCUT2D eigenvalue weighted by molar-refractivity contribution is -0.384. The van der Waals surface area contributed by atoms with Crippen LogP contribution in [0.3, 0.4) is 0 Å². The van der Waals surface area contributed by atoms with Crippen molar-refractivity contribution < 1.29 is 14.0 Å². The van der Waals surface area contributed by atoms with E-state index in [1.54, 1.807) is 12.1 Å². The maximum Gasteiger partial charge on any atom is 0.346 e. The van der Waals surface area contributed by atoms with Crippen LogP contribution in [0, 0.1) is 10.1 Å². The number of nitrogens with zero attached hydrogens (tertiary/aromatic N) is 3. The van der Waals surface area contributed by atoms with Crippen LogP contribution >= 0.6 is 7.67 Å². The number of nitro groups is 1. The largest absolute Gasteiger partial charge is 0.377 e. The molecule has 1 N–H and O–H groups in total. The van der Waals surface area contributed by atoms with Gasteiger partial charge in [-0.15, -0.1) is 0 Å². The third kappa shape index (κ3) is 3.19. The second-order valence-corrected chi connectivity index (χ2v) is 8.92. The van der Waals surface area contributed by atoms with Gasteiger partial charge in [0.1, 0.15) is 5.69 Å². The number of nitro benzene ring substituents is 1. The fraction of sp³-hybridized carbons (Fsp3) is 0.600. The smallest absolute Gasteiger partial charge is 0.346 e. The number of hydrogen-bond donors (Lipinski definition) is 1. The van der Waals surface area contributed by atoms with Gasteiger partial charge in [0.2, 0.25) is 0 Å². The molecule has 9 heteroatoms. The quantitative estimate of drug-likeness (QED) is 0.333. The summed E-state index contributed by atoms with van der Waals surface area (Å²) in [4.78, 5) is 10.8. The molecular weight excluding hydrogens is 331 g/mol. The Hall–Kier alpha value is -1.47. The number of rotatable bonds is 8. The molecule has 2 aliphatic heterocycles. The van der Waals surface area contributed by atoms with Gasteiger partial charge in [0, 0.05) is 38.3 Å². The Morgan fingerprint density at radius 3 is 2.42 bits per heavy atom. The normalized spacial score (nSPS) is 22.2. The zero-order chi connectivity index (χ0) is 16.9. The molecule has 2 saturated heterocycles. The van der Waals surface area contributed by atoms with Crippen LogP contribution in [-0.4, -0.2) is 46.5 Å². The van der Waals surface area contributed by atoms with Gasteiger partial charge in [0.25, 0.3) is 5.69 Å². The Morgan fingerprint density at radius 1 is 1.29 bits per heavy atom. The molecule has 1 atom stereocenters. The Bertz CT molecular complexity index is 699. The lowest BCUT2D eigenvalue weighted by Gasteiger charge is -2.24. The molecule has 1 aromatic rings. The van der Waals surface area contributed by atoms with Crippen molar-refractivity contribution >= 4 is 19.0 Å². The van der Waals surface area contributed by atoms with Gasteiger partial charge in [-0.3, -0.25) is 19.2 Å². The van der Waals surface area contributed by atoms with Crippen LogP contribution in [0.4, 0.5) is 11.4 Å². The zero-order valence-electron chi connectivity index (χ0n) is 13.6. The molecule has 2 heterocycles. The van der Waals surface area contributed by atoms with Gasteiger partial charge in [-0.25, -0.2) is 9.34 Å². The molecule has 1 aliphatic carbocycles. The highest BCUT2D eigenvalue weighted by Gasteiger charge is 2.50. The van der Waals surface area contributed by atoms with Crippen molar-refractivity contribution in [3.63, 3.8) is 0 Å². The van der Waals surface area contributed by atoms with Gasteiger partial charge < -0.3 is 5.32 Å². The summed E-state index contributed by atoms with van der Waals surface area (Å²) in [6.45, 7) is 5.05. The van der Waals surface area contributed by atoms with Gasteiger partial charge in [0.05, 0.1) is 11.0 Å². The molecule has 0 bridgehead atoms. The van der Waals surface area contributed by atoms with Crippen LogP contribution in [0.1, 0.15) is 31.4 Å². The van der Waals surface area contributed by atoms with Crippen LogP contribution in [0.25, 0.3) is 0 Å². The minimum Gasteiger partial charge on any atom is -0.377 e. The van der Waals surface area contributed by atoms with E-state index in [4.69, 9.17) is 4.52 Å². The van der Waals surface area contributed by atoms with Gasteiger partial charge in [0.15, 0.2) is 0 Å². The Balaban J connectivity index is 1.56. The molecule has 4 rings (SSSR count). The summed E-state index contributed by atoms with van der Waals surface area (Å²) in [7, 11) is -2.91. The van der Waals surface area contributed by atoms with Crippen LogP contribution in [0.15, 0.2) is 18.2 Å². The first-order chi connectivity index (χ1) is 11.5. The number of benzene rings is 1. The predicted octanol–water partition coefficient (Wildman–Crippen LogP) is 2.99. The fourth-order valence-corrected chi connectivity index (χ4v) is 5.05. The van der Waals surface area contributed by atoms with Crippen molar-refractivity contribution in [2.24, 2.45) is 0 Å². The first-order valence-electron chi connectivity index (χ1n) is 8.31. The molecule has 1 unspecified atom stereocenters. The Labute approximate surface area is 140 Å². The van der Waals surface area contributed by atoms with Crippen molar-refractivity contribution in [3.8, 4) is 0 Å². The number of anilines is 1. The van der Waals surface area contributed by atoms with Crippen molar-refractivity contribution in [1.29, 1.82) is 0 Å². The third-order valence-electron chi connectivity index (χ3n) is 4.48. The predicted molar refractivity (Wildman–Crippen MR) is 90.0 cm³/mol. The molecule has 0 aromatic heterocycles. The minimum atomic E-state index is -2.91. The first-order valence-corrected chi connectivity index (χ1v) is 9.84. The number of hydrogen-bond acceptors (Lipinski definition) is 5. The molecule has 0 spiro atoms. The van der Waals surface area contributed by atoms with Crippen LogP contribution in [0.2, 0.25) is 0 Å². The van der Waals surface area contributed by atoms with Gasteiger partial charge in [-0.2, -0.15) is 0 Å². The van der Waals surface area contributed by atoms with E-state index in [1.165, 1.54) is 6.07 Å². The molecule has 24 heavy (non-hydrogen) atoms. The molecular formula is C15H21N4O4P. The third-order valence-corrected chi connectivity index (χ3v) is 7.30. The van der Waals surface area contributed by atoms with Crippen LogP contribution < -0.4 is 5.32 Å². The molecule has 0 amide bonds. The van der Waals surface area contributed by atoms with E-state index in [0.717, 1.165) is 44.6 Å². The van der Waals surface area contributed by atoms with E-state index in [1.807, 2.05) is 16.3 Å². The summed E-state index contributed by atoms with van der Waals surface area (Å²) in [5.74, 6) is 0. The summed E-state index contributed by atoms with van der Waals surface area (Å²) < 4.78 is 22.8. The molecule has 1 saturated carbocycles. The van der Waals surface area contributed by atoms with E-state index < -0.39 is 13.8 Å². The SMILES string of the molecule is CC(OP(=O)(N1CC1)N1CC1)c1ccc([N+](=O)[O-])c(NC2CC2)c1. The van der Waals surface area contributed by atoms with E-state index in [-0.39, 0.29) is 10.6 Å². The van der Waals surface area contributed by atoms with Crippen molar-refractivity contribution in [3.05, 3.63) is 33.9 Å². The minimum absolute atomic E-state index is 0.0675. The van der Waals surface area contributed by atoms with E-state index in [2.05, 4.69) is 5.32 Å². The summed E-state index contributed by atoms with van der Waals surface area (Å²) in [5, 5.41) is 14.4. The highest BCUT2D eigenvalue weighted by Crippen LogP contribution is 2.63. The second-order valence-electron chi connectivity index (χ2n) is 6.60. The molecule has 3 aliphatic rings. The van der Waals surface area contributed by atoms with E-state index in [9.17, 15) is 14.7 Å². The second kappa shape index (κ2) is 5.81. The maximum absolute atomic E-state index is 13.1. The highest BCUT2D eigenvalue weighted by atomic mass is 31.2. The van der Waals surface area contributed by atoms with Crippen LogP contribution in [-0.2, 0) is 9.09 Å². The molecule has 1 aromatic carbocycles. The molecule has 130 valence electrons. The Morgan fingerprint density at radius 2 is 1.92 bits per heavy atom. The van der Waals surface area contributed by atoms with Gasteiger partial charge >= 0.3 is 7.67 Å². The topological polar surface area (TPSA) is 87.5 Å². The lowest BCUT2D eigenvalue weighted by atomic mass is 10.1. The fourth-order valence-electron chi connectivity index (χ4n) is 2.70. The van der Waals surface area contributed by atoms with E-state index >= 15 is 0 Å². The summed E-state index contributed by atoms with van der Waals surface area (Å²) in [6, 6.07) is 5.27. The van der Waals surface area contributed by atoms with E-state index in [0.29, 0.717) is 11.7 Å². The average molecular weight is 352 g/mol. The average Bonchev–Trinajstić information content (AvgIpc) is 3.39. The monoisotopic (exact) mass is 352 g/mol. The highest BCUT2D eigenvalue weighted by molar-refractivity contribution is 7.54. The Kier molecular flexibility index (Phi) is 3.88. The summed E-state index contributed by atoms with van der Waals surface area (Å²) >= 11 is 0. The molecule has 8 nitrogen and oxygen atoms in total. The first kappa shape index (κ1) is 16.0. The summed E-state index contributed by atoms with van der Waals surface area (Å²) in [5.41, 5.74) is 1.38. The number of nitrogens with one attached hydrogen (secondary N) is 1. The maximum atomic E-state index is 13.1. The van der Waals surface area contributed by atoms with Gasteiger partial charge in [-0.05, 0) is 37.5 Å². The standard InChI is InChI=1S/C15H21N4O4P/c1-11(23-24(22,17-6-7-17)18-8-9-18)12-2-5-15(19(20)21)14(10-12)16-13-3-4-13/h2,5,10-11,13,16H,3-4,6-9H2,1H3. The zero-order valence-corrected chi connectivity index (χ0v) is 14.4. The molecule has 0 radical (unpaired) electrons.